The molecule has 0 bridgehead atoms. The Morgan fingerprint density at radius 2 is 2.04 bits per heavy atom. The molecule has 1 fully saturated rings. The highest BCUT2D eigenvalue weighted by Crippen LogP contribution is 2.34. The van der Waals surface area contributed by atoms with Gasteiger partial charge in [-0.1, -0.05) is 0 Å². The van der Waals surface area contributed by atoms with Gasteiger partial charge in [0.15, 0.2) is 11.5 Å². The van der Waals surface area contributed by atoms with Crippen LogP contribution in [0.3, 0.4) is 0 Å². The van der Waals surface area contributed by atoms with Crippen molar-refractivity contribution in [2.24, 2.45) is 0 Å². The molecule has 136 valence electrons. The summed E-state index contributed by atoms with van der Waals surface area (Å²) in [6, 6.07) is 9.59. The van der Waals surface area contributed by atoms with Gasteiger partial charge in [0.1, 0.15) is 5.82 Å². The van der Waals surface area contributed by atoms with E-state index < -0.39 is 0 Å². The molecule has 0 spiro atoms. The first-order valence-corrected chi connectivity index (χ1v) is 8.94. The van der Waals surface area contributed by atoms with Gasteiger partial charge in [-0.25, -0.2) is 4.98 Å². The van der Waals surface area contributed by atoms with E-state index in [1.807, 2.05) is 42.2 Å². The molecule has 2 aliphatic heterocycles. The standard InChI is InChI=1S/C20H23N3O3/c1-22(2)19-11-14(7-8-21-19)16-4-3-9-23(12-16)20(24)15-5-6-17-18(10-15)26-13-25-17/h5-8,10-11,16H,3-4,9,12-13H2,1-2H3/t16-/m0/s1. The molecule has 26 heavy (non-hydrogen) atoms. The minimum atomic E-state index is 0.0508. The summed E-state index contributed by atoms with van der Waals surface area (Å²) < 4.78 is 10.7. The number of benzene rings is 1. The first-order valence-electron chi connectivity index (χ1n) is 8.94. The topological polar surface area (TPSA) is 54.9 Å². The molecule has 2 aliphatic rings. The number of piperidine rings is 1. The number of ether oxygens (including phenoxy) is 2. The van der Waals surface area contributed by atoms with Crippen molar-refractivity contribution in [3.8, 4) is 11.5 Å². The van der Waals surface area contributed by atoms with Crippen LogP contribution < -0.4 is 14.4 Å². The van der Waals surface area contributed by atoms with Crippen molar-refractivity contribution < 1.29 is 14.3 Å². The minimum absolute atomic E-state index is 0.0508. The van der Waals surface area contributed by atoms with Gasteiger partial charge in [0.25, 0.3) is 5.91 Å². The zero-order valence-electron chi connectivity index (χ0n) is 15.1. The number of hydrogen-bond donors (Lipinski definition) is 0. The highest BCUT2D eigenvalue weighted by Gasteiger charge is 2.27. The molecule has 1 aromatic carbocycles. The van der Waals surface area contributed by atoms with Gasteiger partial charge >= 0.3 is 0 Å². The fraction of sp³-hybridized carbons (Fsp3) is 0.400. The van der Waals surface area contributed by atoms with Gasteiger partial charge in [-0.3, -0.25) is 4.79 Å². The molecule has 1 atom stereocenters. The van der Waals surface area contributed by atoms with Gasteiger partial charge in [0.2, 0.25) is 6.79 Å². The third-order valence-electron chi connectivity index (χ3n) is 5.03. The van der Waals surface area contributed by atoms with E-state index in [2.05, 4.69) is 17.1 Å². The van der Waals surface area contributed by atoms with Crippen molar-refractivity contribution in [3.63, 3.8) is 0 Å². The summed E-state index contributed by atoms with van der Waals surface area (Å²) >= 11 is 0. The lowest BCUT2D eigenvalue weighted by atomic mass is 9.90. The molecule has 1 aromatic heterocycles. The molecule has 0 saturated carbocycles. The number of aromatic nitrogens is 1. The van der Waals surface area contributed by atoms with Crippen LogP contribution in [0.15, 0.2) is 36.5 Å². The lowest BCUT2D eigenvalue weighted by Gasteiger charge is -2.33. The second-order valence-corrected chi connectivity index (χ2v) is 7.00. The second-order valence-electron chi connectivity index (χ2n) is 7.00. The summed E-state index contributed by atoms with van der Waals surface area (Å²) in [6.07, 6.45) is 3.94. The molecule has 6 heteroatoms. The summed E-state index contributed by atoms with van der Waals surface area (Å²) in [5, 5.41) is 0. The number of rotatable bonds is 3. The normalized spacial score (nSPS) is 18.7. The molecule has 3 heterocycles. The molecule has 0 radical (unpaired) electrons. The third kappa shape index (κ3) is 3.19. The molecule has 1 saturated heterocycles. The van der Waals surface area contributed by atoms with Crippen LogP contribution in [0.2, 0.25) is 0 Å². The third-order valence-corrected chi connectivity index (χ3v) is 5.03. The van der Waals surface area contributed by atoms with Crippen LogP contribution in [-0.2, 0) is 0 Å². The van der Waals surface area contributed by atoms with Crippen LogP contribution in [0.5, 0.6) is 11.5 Å². The Labute approximate surface area is 153 Å². The Bertz CT molecular complexity index is 822. The number of likely N-dealkylation sites (tertiary alicyclic amines) is 1. The highest BCUT2D eigenvalue weighted by atomic mass is 16.7. The van der Waals surface area contributed by atoms with Crippen LogP contribution in [0.4, 0.5) is 5.82 Å². The predicted molar refractivity (Wildman–Crippen MR) is 99.0 cm³/mol. The Hall–Kier alpha value is -2.76. The molecule has 0 unspecified atom stereocenters. The Morgan fingerprint density at radius 1 is 1.19 bits per heavy atom. The van der Waals surface area contributed by atoms with Crippen LogP contribution in [0.1, 0.15) is 34.7 Å². The fourth-order valence-corrected chi connectivity index (χ4v) is 3.58. The average molecular weight is 353 g/mol. The molecule has 4 rings (SSSR count). The largest absolute Gasteiger partial charge is 0.454 e. The number of nitrogens with zero attached hydrogens (tertiary/aromatic N) is 3. The number of hydrogen-bond acceptors (Lipinski definition) is 5. The number of carbonyl (C=O) groups is 1. The summed E-state index contributed by atoms with van der Waals surface area (Å²) in [5.41, 5.74) is 1.89. The number of anilines is 1. The van der Waals surface area contributed by atoms with E-state index in [0.717, 1.165) is 31.7 Å². The molecular weight excluding hydrogens is 330 g/mol. The van der Waals surface area contributed by atoms with E-state index in [1.165, 1.54) is 5.56 Å². The minimum Gasteiger partial charge on any atom is -0.454 e. The van der Waals surface area contributed by atoms with Gasteiger partial charge in [0.05, 0.1) is 0 Å². The van der Waals surface area contributed by atoms with E-state index in [0.29, 0.717) is 23.0 Å². The van der Waals surface area contributed by atoms with Crippen LogP contribution in [0.25, 0.3) is 0 Å². The first kappa shape index (κ1) is 16.7. The smallest absolute Gasteiger partial charge is 0.254 e. The predicted octanol–water partition coefficient (Wildman–Crippen LogP) is 2.90. The monoisotopic (exact) mass is 353 g/mol. The van der Waals surface area contributed by atoms with Gasteiger partial charge in [0, 0.05) is 44.9 Å². The lowest BCUT2D eigenvalue weighted by Crippen LogP contribution is -2.39. The molecule has 0 aliphatic carbocycles. The molecule has 2 aromatic rings. The fourth-order valence-electron chi connectivity index (χ4n) is 3.58. The maximum absolute atomic E-state index is 13.0. The maximum atomic E-state index is 13.0. The van der Waals surface area contributed by atoms with Crippen molar-refractivity contribution in [2.45, 2.75) is 18.8 Å². The lowest BCUT2D eigenvalue weighted by molar-refractivity contribution is 0.0706. The Morgan fingerprint density at radius 3 is 2.88 bits per heavy atom. The van der Waals surface area contributed by atoms with Crippen molar-refractivity contribution in [1.29, 1.82) is 0 Å². The molecule has 0 N–H and O–H groups in total. The number of amides is 1. The van der Waals surface area contributed by atoms with Crippen molar-refractivity contribution in [2.75, 3.05) is 38.9 Å². The maximum Gasteiger partial charge on any atom is 0.254 e. The Balaban J connectivity index is 1.51. The quantitative estimate of drug-likeness (QED) is 0.849. The van der Waals surface area contributed by atoms with E-state index in [9.17, 15) is 4.79 Å². The second kappa shape index (κ2) is 6.86. The summed E-state index contributed by atoms with van der Waals surface area (Å²) in [6.45, 7) is 1.73. The van der Waals surface area contributed by atoms with Crippen LogP contribution in [-0.4, -0.2) is 49.8 Å². The van der Waals surface area contributed by atoms with Gasteiger partial charge in [-0.05, 0) is 48.7 Å². The number of pyridine rings is 1. The molecule has 1 amide bonds. The van der Waals surface area contributed by atoms with E-state index in [-0.39, 0.29) is 12.7 Å². The van der Waals surface area contributed by atoms with Crippen LogP contribution in [0, 0.1) is 0 Å². The zero-order valence-corrected chi connectivity index (χ0v) is 15.1. The molecule has 6 nitrogen and oxygen atoms in total. The summed E-state index contributed by atoms with van der Waals surface area (Å²) in [4.78, 5) is 21.3. The van der Waals surface area contributed by atoms with Crippen LogP contribution >= 0.6 is 0 Å². The summed E-state index contributed by atoms with van der Waals surface area (Å²) in [5.74, 6) is 2.68. The zero-order chi connectivity index (χ0) is 18.1. The SMILES string of the molecule is CN(C)c1cc([C@H]2CCCN(C(=O)c3ccc4c(c3)OCO4)C2)ccn1. The van der Waals surface area contributed by atoms with Gasteiger partial charge in [-0.15, -0.1) is 0 Å². The van der Waals surface area contributed by atoms with E-state index in [4.69, 9.17) is 9.47 Å². The van der Waals surface area contributed by atoms with E-state index in [1.54, 1.807) is 6.07 Å². The van der Waals surface area contributed by atoms with Gasteiger partial charge < -0.3 is 19.3 Å². The number of carbonyl (C=O) groups excluding carboxylic acids is 1. The van der Waals surface area contributed by atoms with E-state index >= 15 is 0 Å². The summed E-state index contributed by atoms with van der Waals surface area (Å²) in [7, 11) is 3.98. The van der Waals surface area contributed by atoms with Crippen molar-refractivity contribution >= 4 is 11.7 Å². The van der Waals surface area contributed by atoms with Crippen molar-refractivity contribution in [3.05, 3.63) is 47.7 Å². The highest BCUT2D eigenvalue weighted by molar-refractivity contribution is 5.95. The first-order chi connectivity index (χ1) is 12.6. The number of fused-ring (bicyclic) bond motifs is 1. The molecular formula is C20H23N3O3. The average Bonchev–Trinajstić information content (AvgIpc) is 3.15. The Kier molecular flexibility index (Phi) is 4.41. The van der Waals surface area contributed by atoms with Crippen molar-refractivity contribution in [1.82, 2.24) is 9.88 Å². The van der Waals surface area contributed by atoms with Gasteiger partial charge in [-0.2, -0.15) is 0 Å².